The number of carbonyl (C=O) groups is 2. The van der Waals surface area contributed by atoms with Crippen molar-refractivity contribution in [3.8, 4) is 5.75 Å². The van der Waals surface area contributed by atoms with Crippen LogP contribution in [0.3, 0.4) is 0 Å². The molecule has 0 radical (unpaired) electrons. The molecular weight excluding hydrogens is 595 g/mol. The Balaban J connectivity index is 1.12. The fourth-order valence-corrected chi connectivity index (χ4v) is 7.81. The van der Waals surface area contributed by atoms with Crippen molar-refractivity contribution in [3.05, 3.63) is 47.7 Å². The van der Waals surface area contributed by atoms with Gasteiger partial charge in [0, 0.05) is 49.9 Å². The van der Waals surface area contributed by atoms with Crippen LogP contribution in [0.4, 0.5) is 15.9 Å². The lowest BCUT2D eigenvalue weighted by atomic mass is 10.1. The van der Waals surface area contributed by atoms with E-state index in [1.54, 1.807) is 18.9 Å². The third-order valence-electron chi connectivity index (χ3n) is 8.65. The van der Waals surface area contributed by atoms with E-state index in [9.17, 15) is 18.2 Å². The van der Waals surface area contributed by atoms with Crippen LogP contribution in [0, 0.1) is 18.7 Å². The first kappa shape index (κ1) is 29.1. The molecule has 13 nitrogen and oxygen atoms in total. The number of fused-ring (bicyclic) bond motifs is 2. The van der Waals surface area contributed by atoms with E-state index in [1.807, 2.05) is 0 Å². The molecule has 4 aliphatic rings. The van der Waals surface area contributed by atoms with Crippen LogP contribution in [0.1, 0.15) is 28.8 Å². The van der Waals surface area contributed by atoms with Crippen LogP contribution in [-0.2, 0) is 28.7 Å². The Morgan fingerprint density at radius 2 is 1.86 bits per heavy atom. The number of nitrogens with zero attached hydrogens (tertiary/aromatic N) is 5. The quantitative estimate of drug-likeness (QED) is 0.414. The van der Waals surface area contributed by atoms with Crippen LogP contribution in [-0.4, -0.2) is 105 Å². The fourth-order valence-electron chi connectivity index (χ4n) is 6.01. The molecule has 2 amide bonds. The Hall–Kier alpha value is -3.66. The van der Waals surface area contributed by atoms with Crippen LogP contribution in [0.5, 0.6) is 5.75 Å². The minimum Gasteiger partial charge on any atom is -0.483 e. The summed E-state index contributed by atoms with van der Waals surface area (Å²) in [4.78, 5) is 31.8. The van der Waals surface area contributed by atoms with Gasteiger partial charge >= 0.3 is 0 Å². The molecule has 3 saturated heterocycles. The summed E-state index contributed by atoms with van der Waals surface area (Å²) in [6.07, 6.45) is 3.36. The molecule has 4 fully saturated rings. The summed E-state index contributed by atoms with van der Waals surface area (Å²) in [5.74, 6) is 0.00532. The van der Waals surface area contributed by atoms with Gasteiger partial charge in [0.1, 0.15) is 41.7 Å². The van der Waals surface area contributed by atoms with Gasteiger partial charge in [-0.25, -0.2) is 18.1 Å². The van der Waals surface area contributed by atoms with Gasteiger partial charge in [0.2, 0.25) is 5.91 Å². The van der Waals surface area contributed by atoms with Gasteiger partial charge < -0.3 is 29.2 Å². The van der Waals surface area contributed by atoms with Crippen molar-refractivity contribution < 1.29 is 37.1 Å². The maximum absolute atomic E-state index is 14.4. The second kappa shape index (κ2) is 11.4. The average molecular weight is 629 g/mol. The normalized spacial score (nSPS) is 26.0. The summed E-state index contributed by atoms with van der Waals surface area (Å²) in [6, 6.07) is 4.11. The standard InChI is InChI=1S/C29H33FN6O7S/c1-16-19(28(37)34-44(39)9-7-35(8-10-44)29(38)17-3-4-17)12-36-24(16)27(31-15-32-36)33-20-6-5-18(30)11-21(20)43-23-14-42-25-22(40-2)13-41-26(23)25/h5-6,11-12,15,17,22-23,25-26H,3-4,7-10,13-14H2,1-2H3,(H,31,32,33)/t22-,23-,25-,26-/m1/s1. The summed E-state index contributed by atoms with van der Waals surface area (Å²) >= 11 is 0. The Morgan fingerprint density at radius 1 is 1.14 bits per heavy atom. The van der Waals surface area contributed by atoms with Crippen LogP contribution in [0.2, 0.25) is 0 Å². The number of carbonyl (C=O) groups excluding carboxylic acids is 2. The van der Waals surface area contributed by atoms with Gasteiger partial charge in [-0.2, -0.15) is 9.46 Å². The number of benzene rings is 1. The van der Waals surface area contributed by atoms with Gasteiger partial charge in [-0.15, -0.1) is 0 Å². The molecule has 3 aromatic rings. The van der Waals surface area contributed by atoms with Gasteiger partial charge in [-0.1, -0.05) is 0 Å². The molecule has 234 valence electrons. The van der Waals surface area contributed by atoms with Crippen LogP contribution >= 0.6 is 0 Å². The smallest absolute Gasteiger partial charge is 0.287 e. The van der Waals surface area contributed by atoms with E-state index in [2.05, 4.69) is 19.8 Å². The average Bonchev–Trinajstić information content (AvgIpc) is 3.53. The summed E-state index contributed by atoms with van der Waals surface area (Å²) in [7, 11) is -1.21. The molecule has 5 heterocycles. The van der Waals surface area contributed by atoms with Gasteiger partial charge in [0.05, 0.1) is 34.2 Å². The highest BCUT2D eigenvalue weighted by molar-refractivity contribution is 7.94. The molecule has 7 rings (SSSR count). The number of rotatable bonds is 7. The van der Waals surface area contributed by atoms with E-state index in [0.29, 0.717) is 42.3 Å². The van der Waals surface area contributed by atoms with E-state index in [1.165, 1.54) is 35.2 Å². The molecule has 3 aliphatic heterocycles. The predicted octanol–water partition coefficient (Wildman–Crippen LogP) is 2.34. The molecule has 44 heavy (non-hydrogen) atoms. The highest BCUT2D eigenvalue weighted by atomic mass is 32.2. The molecule has 2 aromatic heterocycles. The number of aromatic nitrogens is 3. The Kier molecular flexibility index (Phi) is 7.51. The number of hydrogen-bond acceptors (Lipinski definition) is 10. The summed E-state index contributed by atoms with van der Waals surface area (Å²) < 4.78 is 56.8. The zero-order chi connectivity index (χ0) is 30.6. The lowest BCUT2D eigenvalue weighted by Crippen LogP contribution is -2.44. The zero-order valence-corrected chi connectivity index (χ0v) is 25.1. The van der Waals surface area contributed by atoms with Crippen molar-refractivity contribution in [2.45, 2.75) is 44.2 Å². The topological polar surface area (TPSA) is 146 Å². The summed E-state index contributed by atoms with van der Waals surface area (Å²) in [6.45, 7) is 3.03. The first-order valence-corrected chi connectivity index (χ1v) is 16.5. The van der Waals surface area contributed by atoms with E-state index in [4.69, 9.17) is 18.9 Å². The fraction of sp³-hybridized carbons (Fsp3) is 0.517. The second-order valence-electron chi connectivity index (χ2n) is 11.5. The number of nitrogens with one attached hydrogen (secondary N) is 1. The monoisotopic (exact) mass is 628 g/mol. The first-order chi connectivity index (χ1) is 21.2. The van der Waals surface area contributed by atoms with Crippen molar-refractivity contribution in [1.82, 2.24) is 19.5 Å². The number of amides is 2. The maximum atomic E-state index is 14.4. The molecule has 4 atom stereocenters. The SMILES string of the molecule is CO[C@@H]1CO[C@H]2[C@@H]1OC[C@H]2Oc1cc(F)ccc1Nc1ncnn2cc(C(=O)N=S3(=O)CCN(C(=O)C4CC4)CC3)c(C)c12. The van der Waals surface area contributed by atoms with E-state index in [-0.39, 0.29) is 59.6 Å². The Labute approximate surface area is 253 Å². The van der Waals surface area contributed by atoms with Crippen LogP contribution < -0.4 is 10.1 Å². The Morgan fingerprint density at radius 3 is 2.59 bits per heavy atom. The van der Waals surface area contributed by atoms with Crippen molar-refractivity contribution in [2.24, 2.45) is 10.3 Å². The lowest BCUT2D eigenvalue weighted by Gasteiger charge is -2.28. The van der Waals surface area contributed by atoms with E-state index >= 15 is 0 Å². The number of anilines is 2. The molecule has 1 aliphatic carbocycles. The van der Waals surface area contributed by atoms with Crippen molar-refractivity contribution in [1.29, 1.82) is 0 Å². The first-order valence-electron chi connectivity index (χ1n) is 14.6. The van der Waals surface area contributed by atoms with E-state index < -0.39 is 27.6 Å². The number of aryl methyl sites for hydroxylation is 1. The highest BCUT2D eigenvalue weighted by Crippen LogP contribution is 2.36. The number of ether oxygens (including phenoxy) is 4. The zero-order valence-electron chi connectivity index (χ0n) is 24.3. The van der Waals surface area contributed by atoms with Crippen LogP contribution in [0.15, 0.2) is 35.1 Å². The van der Waals surface area contributed by atoms with Gasteiger partial charge in [0.15, 0.2) is 11.9 Å². The van der Waals surface area contributed by atoms with Crippen molar-refractivity contribution in [2.75, 3.05) is 50.2 Å². The van der Waals surface area contributed by atoms with E-state index in [0.717, 1.165) is 12.8 Å². The third kappa shape index (κ3) is 5.42. The molecule has 1 aromatic carbocycles. The minimum absolute atomic E-state index is 0.0923. The molecule has 1 saturated carbocycles. The summed E-state index contributed by atoms with van der Waals surface area (Å²) in [5, 5.41) is 7.46. The van der Waals surface area contributed by atoms with Crippen molar-refractivity contribution in [3.63, 3.8) is 0 Å². The molecule has 15 heteroatoms. The minimum atomic E-state index is -2.81. The lowest BCUT2D eigenvalue weighted by molar-refractivity contribution is -0.132. The molecule has 0 unspecified atom stereocenters. The van der Waals surface area contributed by atoms with Gasteiger partial charge in [-0.3, -0.25) is 9.59 Å². The third-order valence-corrected chi connectivity index (χ3v) is 10.8. The van der Waals surface area contributed by atoms with Gasteiger partial charge in [-0.05, 0) is 37.5 Å². The van der Waals surface area contributed by atoms with Crippen molar-refractivity contribution >= 4 is 38.6 Å². The second-order valence-corrected chi connectivity index (χ2v) is 14.1. The molecule has 1 N–H and O–H groups in total. The number of methoxy groups -OCH3 is 1. The summed E-state index contributed by atoms with van der Waals surface area (Å²) in [5.41, 5.74) is 1.70. The predicted molar refractivity (Wildman–Crippen MR) is 156 cm³/mol. The molecular formula is C29H33FN6O7S. The maximum Gasteiger partial charge on any atom is 0.287 e. The number of hydrogen-bond donors (Lipinski definition) is 1. The largest absolute Gasteiger partial charge is 0.483 e. The highest BCUT2D eigenvalue weighted by Gasteiger charge is 2.49. The Bertz CT molecular complexity index is 1740. The van der Waals surface area contributed by atoms with Gasteiger partial charge in [0.25, 0.3) is 5.91 Å². The number of halogens is 1. The molecule has 0 bridgehead atoms. The van der Waals surface area contributed by atoms with Crippen LogP contribution in [0.25, 0.3) is 5.52 Å². The molecule has 0 spiro atoms.